The van der Waals surface area contributed by atoms with E-state index in [2.05, 4.69) is 13.0 Å². The van der Waals surface area contributed by atoms with Crippen LogP contribution >= 0.6 is 0 Å². The summed E-state index contributed by atoms with van der Waals surface area (Å²) < 4.78 is 6.44. The Kier molecular flexibility index (Phi) is 3.37. The number of ketones is 1. The lowest BCUT2D eigenvalue weighted by Gasteiger charge is -2.57. The molecule has 0 amide bonds. The van der Waals surface area contributed by atoms with Crippen LogP contribution in [0.1, 0.15) is 71.1 Å². The van der Waals surface area contributed by atoms with Crippen molar-refractivity contribution in [2.24, 2.45) is 34.5 Å². The number of carbonyl (C=O) groups excluding carboxylic acids is 1. The van der Waals surface area contributed by atoms with Gasteiger partial charge in [0.05, 0.1) is 0 Å². The molecule has 3 nitrogen and oxygen atoms in total. The number of hydrogen-bond donors (Lipinski definition) is 1. The van der Waals surface area contributed by atoms with Crippen LogP contribution in [0.15, 0.2) is 23.8 Å². The third-order valence-corrected chi connectivity index (χ3v) is 9.93. The number of fused-ring (bicyclic) bond motifs is 7. The van der Waals surface area contributed by atoms with Crippen molar-refractivity contribution >= 4 is 5.78 Å². The summed E-state index contributed by atoms with van der Waals surface area (Å²) in [4.78, 5) is 11.9. The Morgan fingerprint density at radius 3 is 2.70 bits per heavy atom. The fourth-order valence-corrected chi connectivity index (χ4v) is 8.80. The molecule has 1 aliphatic heterocycles. The van der Waals surface area contributed by atoms with Crippen LogP contribution in [0.4, 0.5) is 0 Å². The molecule has 0 aromatic heterocycles. The van der Waals surface area contributed by atoms with Crippen molar-refractivity contribution in [3.8, 4) is 0 Å². The van der Waals surface area contributed by atoms with Crippen LogP contribution in [0.5, 0.6) is 0 Å². The van der Waals surface area contributed by atoms with Gasteiger partial charge >= 0.3 is 0 Å². The molecule has 1 N–H and O–H groups in total. The highest BCUT2D eigenvalue weighted by Crippen LogP contribution is 2.79. The zero-order chi connectivity index (χ0) is 18.4. The van der Waals surface area contributed by atoms with Gasteiger partial charge in [0.15, 0.2) is 12.1 Å². The molecule has 1 heterocycles. The molecule has 4 fully saturated rings. The minimum Gasteiger partial charge on any atom is -0.365 e. The van der Waals surface area contributed by atoms with Crippen molar-refractivity contribution in [2.75, 3.05) is 0 Å². The molecule has 0 aromatic rings. The SMILES string of the molecule is CC[C@]12CCC3C(CCC4=CC(=O)CC[C@@H]43)C1CC1(CC1)[C@@]21C=CC(O)O1. The predicted molar refractivity (Wildman–Crippen MR) is 103 cm³/mol. The molecule has 7 atom stereocenters. The van der Waals surface area contributed by atoms with Gasteiger partial charge < -0.3 is 9.84 Å². The van der Waals surface area contributed by atoms with Gasteiger partial charge in [0.1, 0.15) is 5.60 Å². The van der Waals surface area contributed by atoms with Crippen LogP contribution in [0.2, 0.25) is 0 Å². The van der Waals surface area contributed by atoms with E-state index in [0.29, 0.717) is 11.7 Å². The van der Waals surface area contributed by atoms with Crippen LogP contribution in [-0.2, 0) is 9.53 Å². The summed E-state index contributed by atoms with van der Waals surface area (Å²) in [6.45, 7) is 2.37. The Labute approximate surface area is 162 Å². The molecular formula is C24H32O3. The van der Waals surface area contributed by atoms with Crippen molar-refractivity contribution in [1.82, 2.24) is 0 Å². The maximum Gasteiger partial charge on any atom is 0.175 e. The van der Waals surface area contributed by atoms with Crippen molar-refractivity contribution in [3.05, 3.63) is 23.8 Å². The highest BCUT2D eigenvalue weighted by molar-refractivity contribution is 5.91. The lowest BCUT2D eigenvalue weighted by atomic mass is 9.49. The average Bonchev–Trinajstić information content (AvgIpc) is 3.28. The van der Waals surface area contributed by atoms with Crippen LogP contribution in [0.3, 0.4) is 0 Å². The van der Waals surface area contributed by atoms with Gasteiger partial charge in [-0.3, -0.25) is 4.79 Å². The summed E-state index contributed by atoms with van der Waals surface area (Å²) in [5.41, 5.74) is 1.74. The number of allylic oxidation sites excluding steroid dienone is 1. The molecule has 4 saturated carbocycles. The second-order valence-corrected chi connectivity index (χ2v) is 10.4. The standard InChI is InChI=1S/C24H32O3/c1-2-23-9-7-18-17-6-4-16(25)13-15(17)3-5-19(18)20(23)14-22(11-12-22)24(23)10-8-21(26)27-24/h8,10,13,17-21,26H,2-7,9,11-12,14H2,1H3/t17-,18?,19?,20?,21?,23-,24-/m0/s1. The summed E-state index contributed by atoms with van der Waals surface area (Å²) in [7, 11) is 0. The molecule has 2 spiro atoms. The minimum atomic E-state index is -0.715. The molecule has 0 bridgehead atoms. The maximum absolute atomic E-state index is 11.9. The average molecular weight is 369 g/mol. The van der Waals surface area contributed by atoms with Crippen molar-refractivity contribution < 1.29 is 14.6 Å². The molecule has 146 valence electrons. The quantitative estimate of drug-likeness (QED) is 0.691. The lowest BCUT2D eigenvalue weighted by Crippen LogP contribution is -2.55. The van der Waals surface area contributed by atoms with Gasteiger partial charge in [-0.2, -0.15) is 0 Å². The van der Waals surface area contributed by atoms with E-state index < -0.39 is 6.29 Å². The zero-order valence-electron chi connectivity index (χ0n) is 16.5. The van der Waals surface area contributed by atoms with Gasteiger partial charge in [0, 0.05) is 17.3 Å². The summed E-state index contributed by atoms with van der Waals surface area (Å²) in [6.07, 6.45) is 17.2. The molecular weight excluding hydrogens is 336 g/mol. The normalized spacial score (nSPS) is 51.9. The first-order valence-electron chi connectivity index (χ1n) is 11.3. The molecule has 3 heteroatoms. The molecule has 6 aliphatic rings. The smallest absolute Gasteiger partial charge is 0.175 e. The lowest BCUT2D eigenvalue weighted by molar-refractivity contribution is -0.204. The highest BCUT2D eigenvalue weighted by Gasteiger charge is 2.77. The van der Waals surface area contributed by atoms with E-state index in [1.807, 2.05) is 12.2 Å². The Morgan fingerprint density at radius 1 is 1.15 bits per heavy atom. The first-order chi connectivity index (χ1) is 13.0. The van der Waals surface area contributed by atoms with Gasteiger partial charge in [-0.05, 0) is 93.6 Å². The Hall–Kier alpha value is -0.930. The maximum atomic E-state index is 11.9. The highest BCUT2D eigenvalue weighted by atomic mass is 16.6. The topological polar surface area (TPSA) is 46.5 Å². The fraction of sp³-hybridized carbons (Fsp3) is 0.792. The van der Waals surface area contributed by atoms with Crippen molar-refractivity contribution in [3.63, 3.8) is 0 Å². The molecule has 0 aromatic carbocycles. The van der Waals surface area contributed by atoms with Gasteiger partial charge in [-0.25, -0.2) is 0 Å². The molecule has 5 aliphatic carbocycles. The van der Waals surface area contributed by atoms with E-state index in [1.165, 1.54) is 44.1 Å². The second kappa shape index (κ2) is 5.36. The Morgan fingerprint density at radius 2 is 2.00 bits per heavy atom. The Bertz CT molecular complexity index is 747. The second-order valence-electron chi connectivity index (χ2n) is 10.4. The van der Waals surface area contributed by atoms with Gasteiger partial charge in [0.25, 0.3) is 0 Å². The minimum absolute atomic E-state index is 0.199. The molecule has 0 radical (unpaired) electrons. The molecule has 6 rings (SSSR count). The van der Waals surface area contributed by atoms with E-state index in [4.69, 9.17) is 4.74 Å². The number of aliphatic hydroxyl groups excluding tert-OH is 1. The van der Waals surface area contributed by atoms with E-state index in [-0.39, 0.29) is 16.4 Å². The van der Waals surface area contributed by atoms with Crippen LogP contribution < -0.4 is 0 Å². The summed E-state index contributed by atoms with van der Waals surface area (Å²) in [5.74, 6) is 3.28. The molecule has 4 unspecified atom stereocenters. The van der Waals surface area contributed by atoms with Crippen molar-refractivity contribution in [2.45, 2.75) is 83.0 Å². The number of rotatable bonds is 1. The summed E-state index contributed by atoms with van der Waals surface area (Å²) >= 11 is 0. The van der Waals surface area contributed by atoms with Crippen LogP contribution in [0.25, 0.3) is 0 Å². The predicted octanol–water partition coefficient (Wildman–Crippen LogP) is 4.55. The fourth-order valence-electron chi connectivity index (χ4n) is 8.80. The first kappa shape index (κ1) is 17.0. The van der Waals surface area contributed by atoms with Gasteiger partial charge in [-0.1, -0.05) is 18.6 Å². The largest absolute Gasteiger partial charge is 0.365 e. The third-order valence-electron chi connectivity index (χ3n) is 9.93. The Balaban J connectivity index is 1.40. The van der Waals surface area contributed by atoms with Gasteiger partial charge in [0.2, 0.25) is 0 Å². The molecule has 0 saturated heterocycles. The van der Waals surface area contributed by atoms with E-state index in [9.17, 15) is 9.90 Å². The van der Waals surface area contributed by atoms with E-state index >= 15 is 0 Å². The third kappa shape index (κ3) is 1.93. The summed E-state index contributed by atoms with van der Waals surface area (Å²) in [5, 5.41) is 10.3. The summed E-state index contributed by atoms with van der Waals surface area (Å²) in [6, 6.07) is 0. The zero-order valence-corrected chi connectivity index (χ0v) is 16.5. The molecule has 27 heavy (non-hydrogen) atoms. The van der Waals surface area contributed by atoms with Crippen LogP contribution in [0, 0.1) is 34.5 Å². The van der Waals surface area contributed by atoms with E-state index in [0.717, 1.165) is 43.4 Å². The number of hydrogen-bond acceptors (Lipinski definition) is 3. The van der Waals surface area contributed by atoms with E-state index in [1.54, 1.807) is 0 Å². The number of aliphatic hydroxyl groups is 1. The van der Waals surface area contributed by atoms with Gasteiger partial charge in [-0.15, -0.1) is 0 Å². The number of carbonyl (C=O) groups is 1. The van der Waals surface area contributed by atoms with Crippen molar-refractivity contribution in [1.29, 1.82) is 0 Å². The monoisotopic (exact) mass is 368 g/mol. The number of ether oxygens (including phenoxy) is 1. The first-order valence-corrected chi connectivity index (χ1v) is 11.3. The van der Waals surface area contributed by atoms with Crippen LogP contribution in [-0.4, -0.2) is 22.8 Å².